The lowest BCUT2D eigenvalue weighted by Crippen LogP contribution is -2.30. The summed E-state index contributed by atoms with van der Waals surface area (Å²) in [6.45, 7) is 13.3. The Labute approximate surface area is 317 Å². The number of rotatable bonds is 9. The van der Waals surface area contributed by atoms with E-state index in [4.69, 9.17) is 0 Å². The standard InChI is InChI=1S/C51H52N2/c1-5-16-40(18-14-35-52-36-15-19-41-17-6-9-22-47(41)52)43-32-29-39(37-46(43)51(4)33-12-13-34-51)26-25-38-27-30-42(31-28-38)53-48-23-10-7-20-44(48)50(2,3)45-21-8-11-24-49(45)53/h5-11,14,16-18,20-32,37H,1,12-13,15,19,33-36H2,2-4H3/b18-14-,26-25+,40-16+. The predicted octanol–water partition coefficient (Wildman–Crippen LogP) is 13.4. The van der Waals surface area contributed by atoms with E-state index in [-0.39, 0.29) is 10.8 Å². The number of nitrogens with zero attached hydrogens (tertiary/aromatic N) is 2. The van der Waals surface area contributed by atoms with Crippen LogP contribution in [0, 0.1) is 0 Å². The first-order valence-corrected chi connectivity index (χ1v) is 19.6. The summed E-state index contributed by atoms with van der Waals surface area (Å²) in [7, 11) is 0. The zero-order valence-electron chi connectivity index (χ0n) is 31.7. The number of benzene rings is 5. The minimum atomic E-state index is -0.0606. The van der Waals surface area contributed by atoms with Crippen molar-refractivity contribution in [3.63, 3.8) is 0 Å². The van der Waals surface area contributed by atoms with Crippen molar-refractivity contribution in [1.82, 2.24) is 0 Å². The molecular weight excluding hydrogens is 641 g/mol. The summed E-state index contributed by atoms with van der Waals surface area (Å²) in [4.78, 5) is 4.94. The Morgan fingerprint density at radius 3 is 2.00 bits per heavy atom. The molecule has 0 bridgehead atoms. The van der Waals surface area contributed by atoms with Crippen LogP contribution in [0.3, 0.4) is 0 Å². The highest BCUT2D eigenvalue weighted by Crippen LogP contribution is 2.51. The molecule has 53 heavy (non-hydrogen) atoms. The lowest BCUT2D eigenvalue weighted by molar-refractivity contribution is 0.490. The molecule has 5 aromatic rings. The monoisotopic (exact) mass is 692 g/mol. The second-order valence-corrected chi connectivity index (χ2v) is 15.9. The van der Waals surface area contributed by atoms with Crippen LogP contribution in [0.25, 0.3) is 17.7 Å². The lowest BCUT2D eigenvalue weighted by Gasteiger charge is -2.42. The molecule has 1 aliphatic carbocycles. The third-order valence-corrected chi connectivity index (χ3v) is 12.1. The van der Waals surface area contributed by atoms with E-state index in [0.717, 1.165) is 13.1 Å². The van der Waals surface area contributed by atoms with Gasteiger partial charge in [0.25, 0.3) is 0 Å². The molecule has 1 saturated carbocycles. The highest BCUT2D eigenvalue weighted by atomic mass is 15.2. The highest BCUT2D eigenvalue weighted by Gasteiger charge is 2.36. The van der Waals surface area contributed by atoms with E-state index >= 15 is 0 Å². The molecule has 5 aromatic carbocycles. The Bertz CT molecular complexity index is 2160. The van der Waals surface area contributed by atoms with E-state index in [2.05, 4.69) is 183 Å². The molecule has 0 aromatic heterocycles. The maximum absolute atomic E-state index is 4.11. The molecule has 266 valence electrons. The number of hydrogen-bond acceptors (Lipinski definition) is 2. The van der Waals surface area contributed by atoms with Gasteiger partial charge >= 0.3 is 0 Å². The summed E-state index contributed by atoms with van der Waals surface area (Å²) >= 11 is 0. The molecule has 3 aliphatic rings. The van der Waals surface area contributed by atoms with Gasteiger partial charge in [0.15, 0.2) is 0 Å². The Morgan fingerprint density at radius 1 is 0.679 bits per heavy atom. The molecule has 0 atom stereocenters. The Kier molecular flexibility index (Phi) is 9.56. The predicted molar refractivity (Wildman–Crippen MR) is 229 cm³/mol. The van der Waals surface area contributed by atoms with Crippen molar-refractivity contribution < 1.29 is 0 Å². The van der Waals surface area contributed by atoms with Gasteiger partial charge in [-0.25, -0.2) is 0 Å². The number of aryl methyl sites for hydroxylation is 1. The summed E-state index contributed by atoms with van der Waals surface area (Å²) in [5, 5.41) is 0. The zero-order valence-corrected chi connectivity index (χ0v) is 31.7. The molecule has 2 nitrogen and oxygen atoms in total. The average molecular weight is 693 g/mol. The largest absolute Gasteiger partial charge is 0.368 e. The maximum Gasteiger partial charge on any atom is 0.0502 e. The van der Waals surface area contributed by atoms with Crippen LogP contribution in [-0.2, 0) is 17.3 Å². The summed E-state index contributed by atoms with van der Waals surface area (Å²) < 4.78 is 0. The van der Waals surface area contributed by atoms with Gasteiger partial charge in [0.05, 0.1) is 11.4 Å². The quantitative estimate of drug-likeness (QED) is 0.112. The summed E-state index contributed by atoms with van der Waals surface area (Å²) in [6.07, 6.45) is 20.8. The van der Waals surface area contributed by atoms with E-state index in [1.54, 1.807) is 0 Å². The van der Waals surface area contributed by atoms with E-state index in [9.17, 15) is 0 Å². The molecule has 0 N–H and O–H groups in total. The minimum absolute atomic E-state index is 0.0606. The molecule has 0 unspecified atom stereocenters. The van der Waals surface area contributed by atoms with Crippen molar-refractivity contribution in [2.45, 2.75) is 70.1 Å². The van der Waals surface area contributed by atoms with Crippen LogP contribution >= 0.6 is 0 Å². The SMILES string of the molecule is C=C/C=C(\C=C/CN1CCCc2ccccc21)c1ccc(/C=C/c2ccc(N3c4ccccc4C(C)(C)c4ccccc43)cc2)cc1C1(C)CCCC1. The lowest BCUT2D eigenvalue weighted by atomic mass is 9.73. The second kappa shape index (κ2) is 14.6. The van der Waals surface area contributed by atoms with Gasteiger partial charge in [-0.05, 0) is 106 Å². The van der Waals surface area contributed by atoms with E-state index in [1.165, 1.54) is 106 Å². The molecule has 0 spiro atoms. The minimum Gasteiger partial charge on any atom is -0.368 e. The maximum atomic E-state index is 4.11. The van der Waals surface area contributed by atoms with Gasteiger partial charge in [-0.1, -0.05) is 162 Å². The number of allylic oxidation sites excluding steroid dienone is 4. The van der Waals surface area contributed by atoms with Crippen molar-refractivity contribution in [3.8, 4) is 0 Å². The molecule has 2 heterocycles. The van der Waals surface area contributed by atoms with Gasteiger partial charge in [0.2, 0.25) is 0 Å². The molecule has 0 radical (unpaired) electrons. The van der Waals surface area contributed by atoms with Crippen LogP contribution in [0.4, 0.5) is 22.7 Å². The molecular formula is C51H52N2. The first kappa shape index (κ1) is 34.7. The van der Waals surface area contributed by atoms with Crippen LogP contribution < -0.4 is 9.80 Å². The summed E-state index contributed by atoms with van der Waals surface area (Å²) in [6, 6.07) is 42.7. The van der Waals surface area contributed by atoms with Gasteiger partial charge < -0.3 is 9.80 Å². The van der Waals surface area contributed by atoms with E-state index in [1.807, 2.05) is 6.08 Å². The van der Waals surface area contributed by atoms with Crippen molar-refractivity contribution >= 4 is 40.5 Å². The van der Waals surface area contributed by atoms with Crippen molar-refractivity contribution in [2.75, 3.05) is 22.9 Å². The number of fused-ring (bicyclic) bond motifs is 3. The first-order chi connectivity index (χ1) is 25.9. The van der Waals surface area contributed by atoms with Crippen LogP contribution in [0.15, 0.2) is 146 Å². The fraction of sp³-hybridized carbons (Fsp3) is 0.255. The fourth-order valence-electron chi connectivity index (χ4n) is 9.19. The fourth-order valence-corrected chi connectivity index (χ4v) is 9.19. The van der Waals surface area contributed by atoms with Crippen molar-refractivity contribution in [1.29, 1.82) is 0 Å². The van der Waals surface area contributed by atoms with Crippen LogP contribution in [0.5, 0.6) is 0 Å². The summed E-state index contributed by atoms with van der Waals surface area (Å²) in [5.41, 5.74) is 15.8. The Morgan fingerprint density at radius 2 is 1.30 bits per heavy atom. The Balaban J connectivity index is 1.06. The zero-order chi connectivity index (χ0) is 36.4. The molecule has 2 aliphatic heterocycles. The van der Waals surface area contributed by atoms with E-state index < -0.39 is 0 Å². The Hall–Kier alpha value is -5.34. The number of anilines is 4. The number of para-hydroxylation sites is 3. The summed E-state index contributed by atoms with van der Waals surface area (Å²) in [5.74, 6) is 0. The smallest absolute Gasteiger partial charge is 0.0502 e. The number of hydrogen-bond donors (Lipinski definition) is 0. The molecule has 1 fully saturated rings. The third kappa shape index (κ3) is 6.72. The van der Waals surface area contributed by atoms with Crippen molar-refractivity contribution in [2.24, 2.45) is 0 Å². The van der Waals surface area contributed by atoms with Crippen LogP contribution in [0.2, 0.25) is 0 Å². The molecule has 8 rings (SSSR count). The van der Waals surface area contributed by atoms with Gasteiger partial charge in [-0.15, -0.1) is 0 Å². The van der Waals surface area contributed by atoms with Gasteiger partial charge in [-0.3, -0.25) is 0 Å². The third-order valence-electron chi connectivity index (χ3n) is 12.1. The van der Waals surface area contributed by atoms with E-state index in [0.29, 0.717) is 0 Å². The first-order valence-electron chi connectivity index (χ1n) is 19.6. The molecule has 0 amide bonds. The van der Waals surface area contributed by atoms with Gasteiger partial charge in [0.1, 0.15) is 0 Å². The average Bonchev–Trinajstić information content (AvgIpc) is 3.65. The highest BCUT2D eigenvalue weighted by molar-refractivity contribution is 5.86. The van der Waals surface area contributed by atoms with Crippen LogP contribution in [0.1, 0.15) is 91.8 Å². The molecule has 0 saturated heterocycles. The van der Waals surface area contributed by atoms with Crippen molar-refractivity contribution in [3.05, 3.63) is 185 Å². The van der Waals surface area contributed by atoms with Gasteiger partial charge in [0, 0.05) is 29.9 Å². The molecule has 2 heteroatoms. The van der Waals surface area contributed by atoms with Gasteiger partial charge in [-0.2, -0.15) is 0 Å². The topological polar surface area (TPSA) is 6.48 Å². The normalized spacial score (nSPS) is 17.5. The second-order valence-electron chi connectivity index (χ2n) is 15.9. The van der Waals surface area contributed by atoms with Crippen LogP contribution in [-0.4, -0.2) is 13.1 Å².